The van der Waals surface area contributed by atoms with Crippen molar-refractivity contribution in [2.75, 3.05) is 67.2 Å². The molecule has 148 valence electrons. The first kappa shape index (κ1) is 19.7. The van der Waals surface area contributed by atoms with Gasteiger partial charge in [-0.2, -0.15) is 16.7 Å². The number of aliphatic hydroxyl groups excluding tert-OH is 1. The van der Waals surface area contributed by atoms with E-state index in [1.54, 1.807) is 11.8 Å². The normalized spacial score (nSPS) is 17.8. The summed E-state index contributed by atoms with van der Waals surface area (Å²) in [6, 6.07) is 0. The molecule has 2 aliphatic heterocycles. The van der Waals surface area contributed by atoms with Gasteiger partial charge in [-0.15, -0.1) is 0 Å². The second kappa shape index (κ2) is 9.23. The molecule has 0 aromatic carbocycles. The number of aromatic nitrogens is 2. The smallest absolute Gasteiger partial charge is 0.343 e. The molecule has 2 saturated heterocycles. The van der Waals surface area contributed by atoms with Gasteiger partial charge in [0.05, 0.1) is 18.9 Å². The van der Waals surface area contributed by atoms with Crippen LogP contribution >= 0.6 is 11.8 Å². The lowest BCUT2D eigenvalue weighted by Crippen LogP contribution is -2.47. The Labute approximate surface area is 162 Å². The third-order valence-corrected chi connectivity index (χ3v) is 5.58. The van der Waals surface area contributed by atoms with Crippen LogP contribution in [-0.4, -0.2) is 89.7 Å². The minimum Gasteiger partial charge on any atom is -0.462 e. The predicted molar refractivity (Wildman–Crippen MR) is 103 cm³/mol. The van der Waals surface area contributed by atoms with Crippen molar-refractivity contribution in [3.8, 4) is 0 Å². The van der Waals surface area contributed by atoms with Gasteiger partial charge < -0.3 is 24.5 Å². The van der Waals surface area contributed by atoms with E-state index in [1.807, 2.05) is 16.7 Å². The zero-order valence-corrected chi connectivity index (χ0v) is 16.3. The first-order valence-electron chi connectivity index (χ1n) is 9.13. The first-order chi connectivity index (χ1) is 13.2. The maximum atomic E-state index is 12.6. The molecule has 10 heteroatoms. The number of esters is 1. The van der Waals surface area contributed by atoms with Crippen LogP contribution in [0.15, 0.2) is 0 Å². The van der Waals surface area contributed by atoms with E-state index in [9.17, 15) is 14.7 Å². The SMILES string of the molecule is CCOC(=O)c1c(CO)nc(N2CCSCC2)nc1N1CCN(C=O)CC1. The van der Waals surface area contributed by atoms with Gasteiger partial charge in [0, 0.05) is 50.8 Å². The van der Waals surface area contributed by atoms with Crippen LogP contribution in [0, 0.1) is 0 Å². The fraction of sp³-hybridized carbons (Fsp3) is 0.647. The highest BCUT2D eigenvalue weighted by Gasteiger charge is 2.29. The number of aliphatic hydroxyl groups is 1. The van der Waals surface area contributed by atoms with E-state index in [-0.39, 0.29) is 24.5 Å². The van der Waals surface area contributed by atoms with E-state index < -0.39 is 5.97 Å². The average Bonchev–Trinajstić information content (AvgIpc) is 2.73. The molecule has 0 saturated carbocycles. The molecule has 0 unspecified atom stereocenters. The predicted octanol–water partition coefficient (Wildman–Crippen LogP) is -0.0228. The lowest BCUT2D eigenvalue weighted by Gasteiger charge is -2.35. The van der Waals surface area contributed by atoms with Gasteiger partial charge in [-0.1, -0.05) is 0 Å². The summed E-state index contributed by atoms with van der Waals surface area (Å²) in [5.41, 5.74) is 0.499. The van der Waals surface area contributed by atoms with E-state index in [0.717, 1.165) is 31.0 Å². The minimum atomic E-state index is -0.532. The molecule has 0 atom stereocenters. The van der Waals surface area contributed by atoms with E-state index in [2.05, 4.69) is 9.88 Å². The van der Waals surface area contributed by atoms with E-state index >= 15 is 0 Å². The number of hydrogen-bond acceptors (Lipinski definition) is 9. The van der Waals surface area contributed by atoms with Gasteiger partial charge in [-0.3, -0.25) is 4.79 Å². The summed E-state index contributed by atoms with van der Waals surface area (Å²) in [7, 11) is 0. The summed E-state index contributed by atoms with van der Waals surface area (Å²) in [6.07, 6.45) is 0.833. The number of ether oxygens (including phenoxy) is 1. The summed E-state index contributed by atoms with van der Waals surface area (Å²) in [4.78, 5) is 38.5. The number of hydrogen-bond donors (Lipinski definition) is 1. The molecule has 1 aromatic rings. The molecule has 1 aromatic heterocycles. The molecule has 0 bridgehead atoms. The number of piperazine rings is 1. The molecule has 1 amide bonds. The third kappa shape index (κ3) is 4.44. The molecule has 9 nitrogen and oxygen atoms in total. The molecular weight excluding hydrogens is 370 g/mol. The van der Waals surface area contributed by atoms with Crippen LogP contribution in [0.1, 0.15) is 23.0 Å². The maximum absolute atomic E-state index is 12.6. The largest absolute Gasteiger partial charge is 0.462 e. The number of thioether (sulfide) groups is 1. The average molecular weight is 395 g/mol. The Hall–Kier alpha value is -2.07. The number of carbonyl (C=O) groups excluding carboxylic acids is 2. The highest BCUT2D eigenvalue weighted by molar-refractivity contribution is 7.99. The minimum absolute atomic E-state index is 0.217. The molecule has 2 fully saturated rings. The number of nitrogens with zero attached hydrogens (tertiary/aromatic N) is 5. The Kier molecular flexibility index (Phi) is 6.73. The lowest BCUT2D eigenvalue weighted by molar-refractivity contribution is -0.118. The fourth-order valence-corrected chi connectivity index (χ4v) is 4.08. The third-order valence-electron chi connectivity index (χ3n) is 4.64. The second-order valence-electron chi connectivity index (χ2n) is 6.28. The van der Waals surface area contributed by atoms with Crippen LogP contribution in [0.4, 0.5) is 11.8 Å². The molecule has 1 N–H and O–H groups in total. The Balaban J connectivity index is 1.99. The van der Waals surface area contributed by atoms with Crippen LogP contribution in [0.3, 0.4) is 0 Å². The van der Waals surface area contributed by atoms with Gasteiger partial charge in [-0.25, -0.2) is 9.78 Å². The van der Waals surface area contributed by atoms with Crippen LogP contribution in [0.25, 0.3) is 0 Å². The topological polar surface area (TPSA) is 99.1 Å². The van der Waals surface area contributed by atoms with Crippen LogP contribution < -0.4 is 9.80 Å². The molecular formula is C17H25N5O4S. The molecule has 0 spiro atoms. The molecule has 0 radical (unpaired) electrons. The Bertz CT molecular complexity index is 676. The Morgan fingerprint density at radius 1 is 1.15 bits per heavy atom. The molecule has 3 rings (SSSR count). The summed E-state index contributed by atoms with van der Waals surface area (Å²) in [5, 5.41) is 9.87. The van der Waals surface area contributed by atoms with Crippen LogP contribution in [-0.2, 0) is 16.1 Å². The van der Waals surface area contributed by atoms with Crippen LogP contribution in [0.2, 0.25) is 0 Å². The molecule has 2 aliphatic rings. The van der Waals surface area contributed by atoms with Crippen molar-refractivity contribution in [1.29, 1.82) is 0 Å². The highest BCUT2D eigenvalue weighted by Crippen LogP contribution is 2.27. The Morgan fingerprint density at radius 2 is 1.85 bits per heavy atom. The van der Waals surface area contributed by atoms with Crippen molar-refractivity contribution < 1.29 is 19.4 Å². The summed E-state index contributed by atoms with van der Waals surface area (Å²) < 4.78 is 5.19. The standard InChI is InChI=1S/C17H25N5O4S/c1-2-26-16(25)14-13(11-23)18-17(22-7-9-27-10-8-22)19-15(14)21-5-3-20(12-24)4-6-21/h12,23H,2-11H2,1H3. The van der Waals surface area contributed by atoms with Gasteiger partial charge in [0.2, 0.25) is 12.4 Å². The Morgan fingerprint density at radius 3 is 2.44 bits per heavy atom. The van der Waals surface area contributed by atoms with Gasteiger partial charge in [0.15, 0.2) is 0 Å². The van der Waals surface area contributed by atoms with Crippen molar-refractivity contribution in [2.24, 2.45) is 0 Å². The van der Waals surface area contributed by atoms with Crippen molar-refractivity contribution in [1.82, 2.24) is 14.9 Å². The zero-order valence-electron chi connectivity index (χ0n) is 15.5. The fourth-order valence-electron chi connectivity index (χ4n) is 3.18. The maximum Gasteiger partial charge on any atom is 0.343 e. The molecule has 27 heavy (non-hydrogen) atoms. The molecule has 0 aliphatic carbocycles. The van der Waals surface area contributed by atoms with Crippen molar-refractivity contribution in [2.45, 2.75) is 13.5 Å². The summed E-state index contributed by atoms with van der Waals surface area (Å²) in [5.74, 6) is 2.46. The van der Waals surface area contributed by atoms with Gasteiger partial charge in [-0.05, 0) is 6.92 Å². The van der Waals surface area contributed by atoms with Gasteiger partial charge >= 0.3 is 5.97 Å². The lowest BCUT2D eigenvalue weighted by atomic mass is 10.2. The monoisotopic (exact) mass is 395 g/mol. The van der Waals surface area contributed by atoms with Gasteiger partial charge in [0.1, 0.15) is 11.4 Å². The van der Waals surface area contributed by atoms with Gasteiger partial charge in [0.25, 0.3) is 0 Å². The second-order valence-corrected chi connectivity index (χ2v) is 7.50. The number of carbonyl (C=O) groups is 2. The number of rotatable bonds is 6. The number of amides is 1. The van der Waals surface area contributed by atoms with Crippen molar-refractivity contribution in [3.63, 3.8) is 0 Å². The van der Waals surface area contributed by atoms with E-state index in [0.29, 0.717) is 37.9 Å². The highest BCUT2D eigenvalue weighted by atomic mass is 32.2. The number of anilines is 2. The van der Waals surface area contributed by atoms with Crippen LogP contribution in [0.5, 0.6) is 0 Å². The summed E-state index contributed by atoms with van der Waals surface area (Å²) in [6.45, 7) is 5.48. The van der Waals surface area contributed by atoms with E-state index in [1.165, 1.54) is 0 Å². The quantitative estimate of drug-likeness (QED) is 0.526. The van der Waals surface area contributed by atoms with Crippen molar-refractivity contribution in [3.05, 3.63) is 11.3 Å². The first-order valence-corrected chi connectivity index (χ1v) is 10.3. The zero-order chi connectivity index (χ0) is 19.2. The van der Waals surface area contributed by atoms with E-state index in [4.69, 9.17) is 9.72 Å². The van der Waals surface area contributed by atoms with Crippen molar-refractivity contribution >= 4 is 35.9 Å². The summed E-state index contributed by atoms with van der Waals surface area (Å²) >= 11 is 1.88. The molecule has 3 heterocycles.